The van der Waals surface area contributed by atoms with E-state index >= 15 is 4.39 Å². The van der Waals surface area contributed by atoms with Crippen molar-refractivity contribution in [3.05, 3.63) is 53.5 Å². The van der Waals surface area contributed by atoms with Crippen molar-refractivity contribution in [3.8, 4) is 11.1 Å². The third kappa shape index (κ3) is 4.51. The number of benzene rings is 1. The first-order valence-corrected chi connectivity index (χ1v) is 13.8. The second kappa shape index (κ2) is 10.5. The maximum atomic E-state index is 15.6. The number of aliphatic carboxylic acids is 1. The van der Waals surface area contributed by atoms with Crippen LogP contribution in [0.5, 0.6) is 0 Å². The van der Waals surface area contributed by atoms with Crippen LogP contribution in [0, 0.1) is 17.6 Å². The fourth-order valence-electron chi connectivity index (χ4n) is 6.33. The largest absolute Gasteiger partial charge is 0.478 e. The Morgan fingerprint density at radius 1 is 1.17 bits per heavy atom. The number of H-pyrrole nitrogens is 1. The molecule has 1 atom stereocenters. The number of rotatable bonds is 6. The zero-order valence-corrected chi connectivity index (χ0v) is 23.9. The van der Waals surface area contributed by atoms with E-state index in [-0.39, 0.29) is 11.0 Å². The predicted octanol–water partition coefficient (Wildman–Crippen LogP) is 4.33. The van der Waals surface area contributed by atoms with E-state index < -0.39 is 23.7 Å². The summed E-state index contributed by atoms with van der Waals surface area (Å²) in [5.74, 6) is -2.23. The third-order valence-corrected chi connectivity index (χ3v) is 8.30. The Bertz CT molecular complexity index is 1740. The summed E-state index contributed by atoms with van der Waals surface area (Å²) in [4.78, 5) is 30.1. The van der Waals surface area contributed by atoms with Crippen LogP contribution in [-0.2, 0) is 4.79 Å². The smallest absolute Gasteiger partial charge is 0.336 e. The van der Waals surface area contributed by atoms with Crippen molar-refractivity contribution in [1.29, 1.82) is 0 Å². The first kappa shape index (κ1) is 27.9. The Labute approximate surface area is 241 Å². The number of hydrogen-bond acceptors (Lipinski definition) is 8. The number of pyridine rings is 2. The second-order valence-corrected chi connectivity index (χ2v) is 11.3. The van der Waals surface area contributed by atoms with E-state index in [0.29, 0.717) is 69.4 Å². The molecule has 1 unspecified atom stereocenters. The molecule has 2 aliphatic rings. The number of aliphatic hydroxyl groups is 1. The number of aromatic nitrogens is 3. The van der Waals surface area contributed by atoms with Gasteiger partial charge in [-0.05, 0) is 38.9 Å². The molecule has 1 fully saturated rings. The molecule has 220 valence electrons. The minimum absolute atomic E-state index is 0.107. The lowest BCUT2D eigenvalue weighted by Gasteiger charge is -2.36. The number of piperidine rings is 1. The summed E-state index contributed by atoms with van der Waals surface area (Å²) < 4.78 is 30.5. The molecule has 1 aromatic carbocycles. The van der Waals surface area contributed by atoms with Crippen LogP contribution >= 0.6 is 0 Å². The highest BCUT2D eigenvalue weighted by Crippen LogP contribution is 2.45. The molecule has 0 bridgehead atoms. The number of anilines is 3. The fraction of sp³-hybridized carbons (Fsp3) is 0.367. The van der Waals surface area contributed by atoms with E-state index in [2.05, 4.69) is 44.2 Å². The number of carboxylic acid groups (broad SMARTS) is 1. The van der Waals surface area contributed by atoms with Gasteiger partial charge < -0.3 is 35.2 Å². The Morgan fingerprint density at radius 2 is 1.90 bits per heavy atom. The standard InChI is InChI=1S/C30H33F2N7O3/c1-33-21-10-20(31)24(32)22-23-26(39-7-5-15(6-8-39)13-37(2)3)18(12-34-28(23)36-25(21)22)16-9-17-27(40)19(30(41)42)14-38(4)29(17)35-11-16/h9-12,14-15,27,33,40H,5-8,13H2,1-4H3,(H,34,36)(H,41,42). The molecule has 42 heavy (non-hydrogen) atoms. The van der Waals surface area contributed by atoms with E-state index in [1.165, 1.54) is 6.20 Å². The molecule has 2 aliphatic heterocycles. The highest BCUT2D eigenvalue weighted by atomic mass is 19.2. The van der Waals surface area contributed by atoms with Gasteiger partial charge >= 0.3 is 5.97 Å². The molecule has 4 aromatic rings. The molecule has 10 nitrogen and oxygen atoms in total. The van der Waals surface area contributed by atoms with Gasteiger partial charge in [0.25, 0.3) is 0 Å². The van der Waals surface area contributed by atoms with Crippen LogP contribution in [0.15, 0.2) is 36.3 Å². The number of aliphatic hydroxyl groups excluding tert-OH is 1. The van der Waals surface area contributed by atoms with E-state index in [1.807, 2.05) is 0 Å². The first-order valence-electron chi connectivity index (χ1n) is 13.8. The minimum atomic E-state index is -1.39. The lowest BCUT2D eigenvalue weighted by Crippen LogP contribution is -2.37. The molecule has 1 saturated heterocycles. The minimum Gasteiger partial charge on any atom is -0.478 e. The van der Waals surface area contributed by atoms with Crippen LogP contribution in [0.2, 0.25) is 0 Å². The highest BCUT2D eigenvalue weighted by Gasteiger charge is 2.32. The molecular weight excluding hydrogens is 544 g/mol. The van der Waals surface area contributed by atoms with E-state index in [9.17, 15) is 19.4 Å². The number of carbonyl (C=O) groups is 1. The number of halogens is 2. The van der Waals surface area contributed by atoms with Crippen LogP contribution in [0.1, 0.15) is 24.5 Å². The quantitative estimate of drug-likeness (QED) is 0.265. The monoisotopic (exact) mass is 577 g/mol. The van der Waals surface area contributed by atoms with Crippen LogP contribution in [0.25, 0.3) is 33.1 Å². The van der Waals surface area contributed by atoms with Gasteiger partial charge in [-0.1, -0.05) is 0 Å². The summed E-state index contributed by atoms with van der Waals surface area (Å²) in [6.07, 6.45) is 5.10. The van der Waals surface area contributed by atoms with Crippen molar-refractivity contribution < 1.29 is 23.8 Å². The zero-order chi connectivity index (χ0) is 29.9. The Hall–Kier alpha value is -4.29. The maximum Gasteiger partial charge on any atom is 0.336 e. The van der Waals surface area contributed by atoms with Crippen LogP contribution in [-0.4, -0.2) is 83.9 Å². The molecule has 0 radical (unpaired) electrons. The predicted molar refractivity (Wildman–Crippen MR) is 159 cm³/mol. The molecule has 6 rings (SSSR count). The van der Waals surface area contributed by atoms with Gasteiger partial charge in [-0.25, -0.2) is 23.5 Å². The molecule has 5 heterocycles. The van der Waals surface area contributed by atoms with Crippen molar-refractivity contribution in [2.24, 2.45) is 5.92 Å². The number of hydrogen-bond donors (Lipinski definition) is 4. The Kier molecular flexibility index (Phi) is 6.98. The average Bonchev–Trinajstić information content (AvgIpc) is 3.36. The molecule has 0 amide bonds. The van der Waals surface area contributed by atoms with E-state index in [0.717, 1.165) is 25.5 Å². The van der Waals surface area contributed by atoms with Crippen molar-refractivity contribution in [2.75, 3.05) is 62.9 Å². The van der Waals surface area contributed by atoms with Gasteiger partial charge in [0.2, 0.25) is 0 Å². The van der Waals surface area contributed by atoms with E-state index in [1.54, 1.807) is 37.5 Å². The number of nitrogens with zero attached hydrogens (tertiary/aromatic N) is 5. The van der Waals surface area contributed by atoms with Gasteiger partial charge in [-0.2, -0.15) is 0 Å². The summed E-state index contributed by atoms with van der Waals surface area (Å²) in [5.41, 5.74) is 3.30. The molecule has 0 spiro atoms. The highest BCUT2D eigenvalue weighted by molar-refractivity contribution is 6.18. The molecule has 4 N–H and O–H groups in total. The van der Waals surface area contributed by atoms with E-state index in [4.69, 9.17) is 0 Å². The molecule has 3 aromatic heterocycles. The van der Waals surface area contributed by atoms with Gasteiger partial charge in [0.05, 0.1) is 33.2 Å². The fourth-order valence-corrected chi connectivity index (χ4v) is 6.33. The van der Waals surface area contributed by atoms with Crippen molar-refractivity contribution in [1.82, 2.24) is 19.9 Å². The zero-order valence-electron chi connectivity index (χ0n) is 23.9. The molecule has 0 saturated carbocycles. The van der Waals surface area contributed by atoms with Crippen LogP contribution in [0.4, 0.5) is 26.0 Å². The number of aromatic amines is 1. The summed E-state index contributed by atoms with van der Waals surface area (Å²) in [6.45, 7) is 2.36. The second-order valence-electron chi connectivity index (χ2n) is 11.3. The number of fused-ring (bicyclic) bond motifs is 4. The van der Waals surface area contributed by atoms with Crippen molar-refractivity contribution in [3.63, 3.8) is 0 Å². The van der Waals surface area contributed by atoms with Gasteiger partial charge in [-0.15, -0.1) is 0 Å². The van der Waals surface area contributed by atoms with Crippen LogP contribution in [0.3, 0.4) is 0 Å². The topological polar surface area (TPSA) is 121 Å². The lowest BCUT2D eigenvalue weighted by atomic mass is 9.93. The van der Waals surface area contributed by atoms with Gasteiger partial charge in [0.1, 0.15) is 17.6 Å². The number of nitrogens with one attached hydrogen (secondary N) is 2. The first-order chi connectivity index (χ1) is 20.1. The summed E-state index contributed by atoms with van der Waals surface area (Å²) >= 11 is 0. The Balaban J connectivity index is 1.58. The Morgan fingerprint density at radius 3 is 2.57 bits per heavy atom. The normalized spacial score (nSPS) is 17.7. The van der Waals surface area contributed by atoms with Crippen LogP contribution < -0.4 is 15.1 Å². The van der Waals surface area contributed by atoms with Gasteiger partial charge in [-0.3, -0.25) is 0 Å². The summed E-state index contributed by atoms with van der Waals surface area (Å²) in [6, 6.07) is 2.83. The maximum absolute atomic E-state index is 15.6. The molecular formula is C30H33F2N7O3. The van der Waals surface area contributed by atoms with Gasteiger partial charge in [0.15, 0.2) is 11.6 Å². The number of carboxylic acids is 1. The SMILES string of the molecule is CNc1cc(F)c(F)c2c1[nH]c1ncc(-c3cnc4c(c3)C(O)C(C(=O)O)=CN4C)c(N3CCC(CN(C)C)CC3)c12. The lowest BCUT2D eigenvalue weighted by molar-refractivity contribution is -0.133. The molecule has 12 heteroatoms. The third-order valence-electron chi connectivity index (χ3n) is 8.30. The average molecular weight is 578 g/mol. The van der Waals surface area contributed by atoms with Gasteiger partial charge in [0, 0.05) is 75.1 Å². The molecule has 0 aliphatic carbocycles. The van der Waals surface area contributed by atoms with Crippen molar-refractivity contribution in [2.45, 2.75) is 18.9 Å². The summed E-state index contributed by atoms with van der Waals surface area (Å²) in [5, 5.41) is 24.1. The van der Waals surface area contributed by atoms with Crippen molar-refractivity contribution >= 4 is 45.1 Å². The summed E-state index contributed by atoms with van der Waals surface area (Å²) in [7, 11) is 7.42.